The number of ether oxygens (including phenoxy) is 1. The molecule has 2 aromatic heterocycles. The van der Waals surface area contributed by atoms with Crippen LogP contribution in [0.5, 0.6) is 0 Å². The molecule has 5 N–H and O–H groups in total. The normalized spacial score (nSPS) is 20.1. The summed E-state index contributed by atoms with van der Waals surface area (Å²) in [6.07, 6.45) is -0.594. The van der Waals surface area contributed by atoms with Gasteiger partial charge in [0.15, 0.2) is 5.01 Å². The third-order valence-corrected chi connectivity index (χ3v) is 9.96. The lowest BCUT2D eigenvalue weighted by Crippen LogP contribution is -2.57. The van der Waals surface area contributed by atoms with E-state index >= 15 is 0 Å². The van der Waals surface area contributed by atoms with Crippen molar-refractivity contribution >= 4 is 56.1 Å². The van der Waals surface area contributed by atoms with Gasteiger partial charge in [-0.15, -0.1) is 11.3 Å². The third-order valence-electron chi connectivity index (χ3n) is 7.09. The number of hydrogen-bond acceptors (Lipinski definition) is 9. The number of H-pyrrole nitrogens is 1. The number of fused-ring (bicyclic) bond motifs is 2. The standard InChI is InChI=1S/C25H29N7O7S2/c1-13-7-18-19(11-27-13)40-23(29-18)24(35)32-6-5-31(12-16(32)10-21(33)34)41(37,38)20-9-14-3-4-15(8-17(14)28-20)22(26)30-25(36)39-2/h3-4,8-9,13,16,27-28H,5-7,10-12H2,1-2H3,(H,33,34)(H2,26,30,36). The number of carbonyl (C=O) groups excluding carboxylic acids is 2. The van der Waals surface area contributed by atoms with Crippen molar-refractivity contribution < 1.29 is 32.6 Å². The zero-order valence-corrected chi connectivity index (χ0v) is 23.9. The van der Waals surface area contributed by atoms with E-state index < -0.39 is 40.5 Å². The van der Waals surface area contributed by atoms with E-state index in [-0.39, 0.29) is 41.5 Å². The predicted octanol–water partition coefficient (Wildman–Crippen LogP) is 1.12. The van der Waals surface area contributed by atoms with Gasteiger partial charge >= 0.3 is 12.1 Å². The maximum atomic E-state index is 13.6. The second-order valence-electron chi connectivity index (χ2n) is 9.89. The van der Waals surface area contributed by atoms with Crippen molar-refractivity contribution in [2.45, 2.75) is 43.4 Å². The van der Waals surface area contributed by atoms with Crippen LogP contribution in [0.15, 0.2) is 34.3 Å². The average Bonchev–Trinajstić information content (AvgIpc) is 3.56. The van der Waals surface area contributed by atoms with E-state index in [1.807, 2.05) is 6.92 Å². The molecule has 0 bridgehead atoms. The summed E-state index contributed by atoms with van der Waals surface area (Å²) in [4.78, 5) is 50.0. The average molecular weight is 604 g/mol. The maximum absolute atomic E-state index is 13.6. The van der Waals surface area contributed by atoms with E-state index in [4.69, 9.17) is 5.73 Å². The van der Waals surface area contributed by atoms with E-state index in [1.165, 1.54) is 33.7 Å². The second kappa shape index (κ2) is 11.2. The molecule has 0 aliphatic carbocycles. The number of nitrogens with one attached hydrogen (secondary N) is 2. The molecule has 16 heteroatoms. The summed E-state index contributed by atoms with van der Waals surface area (Å²) in [7, 11) is -2.91. The molecule has 4 heterocycles. The number of aromatic nitrogens is 2. The van der Waals surface area contributed by atoms with Gasteiger partial charge in [-0.1, -0.05) is 12.1 Å². The number of carbonyl (C=O) groups is 3. The first-order valence-corrected chi connectivity index (χ1v) is 15.0. The number of aromatic amines is 1. The van der Waals surface area contributed by atoms with Crippen molar-refractivity contribution in [1.29, 1.82) is 0 Å². The summed E-state index contributed by atoms with van der Waals surface area (Å²) in [5, 5.41) is 13.6. The summed E-state index contributed by atoms with van der Waals surface area (Å²) >= 11 is 1.28. The number of sulfonamides is 1. The molecule has 2 aliphatic heterocycles. The van der Waals surface area contributed by atoms with Crippen molar-refractivity contribution in [1.82, 2.24) is 24.5 Å². The first-order chi connectivity index (χ1) is 19.5. The Labute approximate surface area is 239 Å². The van der Waals surface area contributed by atoms with Gasteiger partial charge in [0.1, 0.15) is 10.9 Å². The zero-order valence-electron chi connectivity index (χ0n) is 22.3. The van der Waals surface area contributed by atoms with Crippen LogP contribution in [0.1, 0.15) is 39.3 Å². The van der Waals surface area contributed by atoms with Gasteiger partial charge in [0.2, 0.25) is 0 Å². The minimum absolute atomic E-state index is 0.0137. The van der Waals surface area contributed by atoms with Gasteiger partial charge in [0.05, 0.1) is 25.3 Å². The van der Waals surface area contributed by atoms with Gasteiger partial charge in [-0.25, -0.2) is 18.2 Å². The molecule has 218 valence electrons. The largest absolute Gasteiger partial charge is 0.481 e. The molecule has 1 saturated heterocycles. The fourth-order valence-electron chi connectivity index (χ4n) is 4.96. The molecule has 2 atom stereocenters. The molecule has 0 radical (unpaired) electrons. The maximum Gasteiger partial charge on any atom is 0.435 e. The number of piperazine rings is 1. The number of thiazole rings is 1. The SMILES string of the molecule is COC(=O)N=C(N)c1ccc2cc(S(=O)(=O)N3CCN(C(=O)c4nc5c(s4)CNC(C)C5)C(CC(=O)O)C3)[nH]c2c1. The van der Waals surface area contributed by atoms with Gasteiger partial charge < -0.3 is 30.8 Å². The number of methoxy groups -OCH3 is 1. The van der Waals surface area contributed by atoms with Crippen LogP contribution < -0.4 is 11.1 Å². The lowest BCUT2D eigenvalue weighted by Gasteiger charge is -2.39. The van der Waals surface area contributed by atoms with Gasteiger partial charge in [-0.2, -0.15) is 9.30 Å². The first kappa shape index (κ1) is 28.7. The number of hydrogen-bond donors (Lipinski definition) is 4. The van der Waals surface area contributed by atoms with Crippen molar-refractivity contribution in [2.24, 2.45) is 10.7 Å². The number of benzene rings is 1. The van der Waals surface area contributed by atoms with Gasteiger partial charge in [-0.05, 0) is 19.1 Å². The van der Waals surface area contributed by atoms with Crippen LogP contribution in [0.2, 0.25) is 0 Å². The molecule has 0 spiro atoms. The highest BCUT2D eigenvalue weighted by Gasteiger charge is 2.39. The van der Waals surface area contributed by atoms with E-state index in [0.717, 1.165) is 10.6 Å². The number of amidine groups is 1. The molecular formula is C25H29N7O7S2. The second-order valence-corrected chi connectivity index (χ2v) is 12.9. The fraction of sp³-hybridized carbons (Fsp3) is 0.400. The number of amides is 2. The Balaban J connectivity index is 1.38. The van der Waals surface area contributed by atoms with Crippen LogP contribution >= 0.6 is 11.3 Å². The molecule has 3 aromatic rings. The lowest BCUT2D eigenvalue weighted by molar-refractivity contribution is -0.138. The van der Waals surface area contributed by atoms with E-state index in [1.54, 1.807) is 18.2 Å². The Morgan fingerprint density at radius 3 is 2.78 bits per heavy atom. The topological polar surface area (TPSA) is 200 Å². The molecule has 2 amide bonds. The first-order valence-electron chi connectivity index (χ1n) is 12.8. The quantitative estimate of drug-likeness (QED) is 0.234. The highest BCUT2D eigenvalue weighted by Crippen LogP contribution is 2.28. The summed E-state index contributed by atoms with van der Waals surface area (Å²) < 4.78 is 32.9. The van der Waals surface area contributed by atoms with Gasteiger partial charge in [0.25, 0.3) is 15.9 Å². The Morgan fingerprint density at radius 1 is 1.27 bits per heavy atom. The third kappa shape index (κ3) is 5.81. The fourth-order valence-corrected chi connectivity index (χ4v) is 7.44. The Morgan fingerprint density at radius 2 is 2.05 bits per heavy atom. The van der Waals surface area contributed by atoms with Crippen LogP contribution in [0.4, 0.5) is 4.79 Å². The molecule has 2 unspecified atom stereocenters. The molecule has 1 fully saturated rings. The van der Waals surface area contributed by atoms with Crippen LogP contribution in [0, 0.1) is 0 Å². The highest BCUT2D eigenvalue weighted by atomic mass is 32.2. The minimum Gasteiger partial charge on any atom is -0.481 e. The zero-order chi connectivity index (χ0) is 29.5. The molecule has 2 aliphatic rings. The number of aliphatic imine (C=N–C) groups is 1. The monoisotopic (exact) mass is 603 g/mol. The van der Waals surface area contributed by atoms with Crippen molar-refractivity contribution in [3.8, 4) is 0 Å². The van der Waals surface area contributed by atoms with Crippen LogP contribution in [0.3, 0.4) is 0 Å². The van der Waals surface area contributed by atoms with Crippen LogP contribution in [-0.2, 0) is 32.5 Å². The van der Waals surface area contributed by atoms with Gasteiger partial charge in [-0.3, -0.25) is 9.59 Å². The van der Waals surface area contributed by atoms with Crippen molar-refractivity contribution in [2.75, 3.05) is 26.7 Å². The number of nitrogens with zero attached hydrogens (tertiary/aromatic N) is 4. The number of aliphatic carboxylic acids is 1. The molecule has 41 heavy (non-hydrogen) atoms. The van der Waals surface area contributed by atoms with Crippen molar-refractivity contribution in [3.05, 3.63) is 45.4 Å². The van der Waals surface area contributed by atoms with Crippen LogP contribution in [-0.4, -0.2) is 95.3 Å². The van der Waals surface area contributed by atoms with Crippen molar-refractivity contribution in [3.63, 3.8) is 0 Å². The van der Waals surface area contributed by atoms with E-state index in [0.29, 0.717) is 29.4 Å². The summed E-state index contributed by atoms with van der Waals surface area (Å²) in [6.45, 7) is 2.45. The van der Waals surface area contributed by atoms with E-state index in [2.05, 4.69) is 25.0 Å². The molecule has 14 nitrogen and oxygen atoms in total. The number of rotatable bonds is 6. The van der Waals surface area contributed by atoms with E-state index in [9.17, 15) is 27.9 Å². The molecule has 5 rings (SSSR count). The molecule has 0 saturated carbocycles. The lowest BCUT2D eigenvalue weighted by atomic mass is 10.1. The molecule has 1 aromatic carbocycles. The summed E-state index contributed by atoms with van der Waals surface area (Å²) in [6, 6.07) is 5.60. The minimum atomic E-state index is -4.08. The Kier molecular flexibility index (Phi) is 7.83. The Hall–Kier alpha value is -3.86. The summed E-state index contributed by atoms with van der Waals surface area (Å²) in [5.74, 6) is -1.64. The smallest absolute Gasteiger partial charge is 0.435 e. The molecular weight excluding hydrogens is 574 g/mol. The van der Waals surface area contributed by atoms with Gasteiger partial charge in [0, 0.05) is 60.0 Å². The highest BCUT2D eigenvalue weighted by molar-refractivity contribution is 7.89. The number of nitrogens with two attached hydrogens (primary N) is 1. The number of carboxylic acids is 1. The van der Waals surface area contributed by atoms with Crippen LogP contribution in [0.25, 0.3) is 10.9 Å². The summed E-state index contributed by atoms with van der Waals surface area (Å²) in [5.41, 5.74) is 7.55. The predicted molar refractivity (Wildman–Crippen MR) is 149 cm³/mol. The number of carboxylic acid groups (broad SMARTS) is 1. The Bertz CT molecular complexity index is 1660.